The van der Waals surface area contributed by atoms with Crippen molar-refractivity contribution in [2.45, 2.75) is 46.1 Å². The molecule has 1 heterocycles. The molecule has 3 nitrogen and oxygen atoms in total. The number of hydrogen-bond acceptors (Lipinski definition) is 2. The number of benzene rings is 1. The largest absolute Gasteiger partial charge is 0.307 e. The van der Waals surface area contributed by atoms with Crippen LogP contribution < -0.4 is 5.56 Å². The number of aryl methyl sites for hydroxylation is 2. The fourth-order valence-electron chi connectivity index (χ4n) is 3.26. The van der Waals surface area contributed by atoms with Crippen LogP contribution >= 0.6 is 0 Å². The van der Waals surface area contributed by atoms with E-state index in [0.717, 1.165) is 30.5 Å². The molecule has 0 saturated carbocycles. The van der Waals surface area contributed by atoms with Gasteiger partial charge in [-0.05, 0) is 66.5 Å². The average Bonchev–Trinajstić information content (AvgIpc) is 3.00. The lowest BCUT2D eigenvalue weighted by molar-refractivity contribution is 0.510. The Labute approximate surface area is 137 Å². The lowest BCUT2D eigenvalue weighted by atomic mass is 10.0. The van der Waals surface area contributed by atoms with Gasteiger partial charge in [-0.15, -0.1) is 0 Å². The zero-order chi connectivity index (χ0) is 16.4. The van der Waals surface area contributed by atoms with E-state index in [2.05, 4.69) is 32.0 Å². The van der Waals surface area contributed by atoms with Gasteiger partial charge in [0.15, 0.2) is 0 Å². The molecule has 0 fully saturated rings. The van der Waals surface area contributed by atoms with Crippen molar-refractivity contribution in [1.29, 1.82) is 5.26 Å². The molecule has 0 spiro atoms. The van der Waals surface area contributed by atoms with Crippen molar-refractivity contribution < 1.29 is 0 Å². The van der Waals surface area contributed by atoms with E-state index < -0.39 is 0 Å². The highest BCUT2D eigenvalue weighted by molar-refractivity contribution is 5.63. The zero-order valence-corrected chi connectivity index (χ0v) is 13.8. The average molecular weight is 306 g/mol. The minimum Gasteiger partial charge on any atom is -0.307 e. The van der Waals surface area contributed by atoms with E-state index in [0.29, 0.717) is 12.5 Å². The standard InChI is InChI=1S/C20H22N2O/c1-14(2)10-11-22-19(9-8-18(13-21)20(22)23)17-7-6-15-4-3-5-16(15)12-17/h6-9,12,14H,3-5,10-11H2,1-2H3. The Kier molecular flexibility index (Phi) is 4.34. The Morgan fingerprint density at radius 1 is 1.17 bits per heavy atom. The summed E-state index contributed by atoms with van der Waals surface area (Å²) in [6.45, 7) is 4.95. The maximum absolute atomic E-state index is 12.6. The third-order valence-electron chi connectivity index (χ3n) is 4.62. The molecule has 3 heteroatoms. The van der Waals surface area contributed by atoms with E-state index in [-0.39, 0.29) is 11.1 Å². The molecule has 0 bridgehead atoms. The topological polar surface area (TPSA) is 45.8 Å². The van der Waals surface area contributed by atoms with Crippen molar-refractivity contribution in [3.05, 3.63) is 57.4 Å². The first-order valence-corrected chi connectivity index (χ1v) is 8.36. The molecule has 1 aliphatic rings. The number of nitrogens with zero attached hydrogens (tertiary/aromatic N) is 2. The molecule has 3 rings (SSSR count). The second-order valence-electron chi connectivity index (χ2n) is 6.72. The van der Waals surface area contributed by atoms with Crippen LogP contribution in [0.4, 0.5) is 0 Å². The van der Waals surface area contributed by atoms with Crippen molar-refractivity contribution in [2.75, 3.05) is 0 Å². The van der Waals surface area contributed by atoms with Crippen LogP contribution in [-0.4, -0.2) is 4.57 Å². The summed E-state index contributed by atoms with van der Waals surface area (Å²) in [6, 6.07) is 12.1. The maximum Gasteiger partial charge on any atom is 0.268 e. The first-order chi connectivity index (χ1) is 11.1. The molecule has 23 heavy (non-hydrogen) atoms. The second kappa shape index (κ2) is 6.42. The first-order valence-electron chi connectivity index (χ1n) is 8.36. The Bertz CT molecular complexity index is 825. The molecule has 1 aliphatic carbocycles. The predicted octanol–water partition coefficient (Wildman–Crippen LogP) is 3.92. The van der Waals surface area contributed by atoms with Gasteiger partial charge in [0.05, 0.1) is 5.69 Å². The number of rotatable bonds is 4. The Morgan fingerprint density at radius 2 is 1.96 bits per heavy atom. The van der Waals surface area contributed by atoms with Crippen LogP contribution in [0.5, 0.6) is 0 Å². The summed E-state index contributed by atoms with van der Waals surface area (Å²) in [5.74, 6) is 0.514. The minimum absolute atomic E-state index is 0.175. The van der Waals surface area contributed by atoms with Gasteiger partial charge in [-0.1, -0.05) is 26.0 Å². The van der Waals surface area contributed by atoms with Crippen LogP contribution in [0.3, 0.4) is 0 Å². The number of fused-ring (bicyclic) bond motifs is 1. The zero-order valence-electron chi connectivity index (χ0n) is 13.8. The summed E-state index contributed by atoms with van der Waals surface area (Å²) in [5.41, 5.74) is 4.87. The van der Waals surface area contributed by atoms with Gasteiger partial charge in [-0.25, -0.2) is 0 Å². The van der Waals surface area contributed by atoms with Gasteiger partial charge in [-0.3, -0.25) is 4.79 Å². The summed E-state index contributed by atoms with van der Waals surface area (Å²) >= 11 is 0. The summed E-state index contributed by atoms with van der Waals surface area (Å²) in [4.78, 5) is 12.6. The van der Waals surface area contributed by atoms with Crippen molar-refractivity contribution in [3.8, 4) is 17.3 Å². The summed E-state index contributed by atoms with van der Waals surface area (Å²) in [5, 5.41) is 9.15. The lowest BCUT2D eigenvalue weighted by Crippen LogP contribution is -2.24. The molecule has 1 aromatic heterocycles. The first kappa shape index (κ1) is 15.6. The van der Waals surface area contributed by atoms with Gasteiger partial charge in [0.2, 0.25) is 0 Å². The van der Waals surface area contributed by atoms with E-state index in [4.69, 9.17) is 5.26 Å². The van der Waals surface area contributed by atoms with Crippen LogP contribution in [0.2, 0.25) is 0 Å². The van der Waals surface area contributed by atoms with E-state index in [1.54, 1.807) is 10.6 Å². The van der Waals surface area contributed by atoms with Gasteiger partial charge in [0, 0.05) is 6.54 Å². The third kappa shape index (κ3) is 3.07. The van der Waals surface area contributed by atoms with Crippen LogP contribution in [0, 0.1) is 17.2 Å². The number of hydrogen-bond donors (Lipinski definition) is 0. The van der Waals surface area contributed by atoms with Crippen molar-refractivity contribution in [2.24, 2.45) is 5.92 Å². The molecule has 118 valence electrons. The summed E-state index contributed by atoms with van der Waals surface area (Å²) < 4.78 is 1.77. The molecule has 0 saturated heterocycles. The molecule has 0 aliphatic heterocycles. The molecule has 0 unspecified atom stereocenters. The van der Waals surface area contributed by atoms with Crippen molar-refractivity contribution in [3.63, 3.8) is 0 Å². The number of nitriles is 1. The summed E-state index contributed by atoms with van der Waals surface area (Å²) in [7, 11) is 0. The fraction of sp³-hybridized carbons (Fsp3) is 0.400. The fourth-order valence-corrected chi connectivity index (χ4v) is 3.26. The highest BCUT2D eigenvalue weighted by Crippen LogP contribution is 2.28. The van der Waals surface area contributed by atoms with Gasteiger partial charge in [0.25, 0.3) is 5.56 Å². The second-order valence-corrected chi connectivity index (χ2v) is 6.72. The smallest absolute Gasteiger partial charge is 0.268 e. The molecule has 1 aromatic carbocycles. The highest BCUT2D eigenvalue weighted by atomic mass is 16.1. The molecule has 0 N–H and O–H groups in total. The van der Waals surface area contributed by atoms with Gasteiger partial charge < -0.3 is 4.57 Å². The summed E-state index contributed by atoms with van der Waals surface area (Å²) in [6.07, 6.45) is 4.41. The number of aromatic nitrogens is 1. The highest BCUT2D eigenvalue weighted by Gasteiger charge is 2.15. The predicted molar refractivity (Wildman–Crippen MR) is 92.3 cm³/mol. The SMILES string of the molecule is CC(C)CCn1c(-c2ccc3c(c2)CCC3)ccc(C#N)c1=O. The monoisotopic (exact) mass is 306 g/mol. The van der Waals surface area contributed by atoms with E-state index >= 15 is 0 Å². The molecule has 0 amide bonds. The van der Waals surface area contributed by atoms with Crippen LogP contribution in [0.25, 0.3) is 11.3 Å². The number of pyridine rings is 1. The van der Waals surface area contributed by atoms with Gasteiger partial charge in [0.1, 0.15) is 11.6 Å². The maximum atomic E-state index is 12.6. The molecular formula is C20H22N2O. The third-order valence-corrected chi connectivity index (χ3v) is 4.62. The Hall–Kier alpha value is -2.34. The van der Waals surface area contributed by atoms with E-state index in [1.807, 2.05) is 12.1 Å². The quantitative estimate of drug-likeness (QED) is 0.859. The molecule has 2 aromatic rings. The van der Waals surface area contributed by atoms with E-state index in [1.165, 1.54) is 17.5 Å². The van der Waals surface area contributed by atoms with Crippen LogP contribution in [-0.2, 0) is 19.4 Å². The van der Waals surface area contributed by atoms with Gasteiger partial charge in [-0.2, -0.15) is 5.26 Å². The Balaban J connectivity index is 2.09. The van der Waals surface area contributed by atoms with E-state index in [9.17, 15) is 4.79 Å². The molecule has 0 radical (unpaired) electrons. The molecule has 0 atom stereocenters. The Morgan fingerprint density at radius 3 is 2.70 bits per heavy atom. The normalized spacial score (nSPS) is 13.1. The molecular weight excluding hydrogens is 284 g/mol. The van der Waals surface area contributed by atoms with Gasteiger partial charge >= 0.3 is 0 Å². The minimum atomic E-state index is -0.175. The lowest BCUT2D eigenvalue weighted by Gasteiger charge is -2.15. The van der Waals surface area contributed by atoms with Crippen molar-refractivity contribution >= 4 is 0 Å². The van der Waals surface area contributed by atoms with Crippen LogP contribution in [0.15, 0.2) is 35.1 Å². The van der Waals surface area contributed by atoms with Crippen LogP contribution in [0.1, 0.15) is 43.4 Å². The van der Waals surface area contributed by atoms with Crippen molar-refractivity contribution in [1.82, 2.24) is 4.57 Å².